The van der Waals surface area contributed by atoms with E-state index in [1.54, 1.807) is 0 Å². The van der Waals surface area contributed by atoms with Gasteiger partial charge in [0.05, 0.1) is 0 Å². The zero-order chi connectivity index (χ0) is 9.94. The molecule has 0 aliphatic carbocycles. The van der Waals surface area contributed by atoms with Gasteiger partial charge in [0.15, 0.2) is 0 Å². The average molecular weight is 196 g/mol. The molecule has 0 aliphatic heterocycles. The molecule has 0 N–H and O–H groups in total. The summed E-state index contributed by atoms with van der Waals surface area (Å²) < 4.78 is 0. The molecule has 0 aromatic heterocycles. The van der Waals surface area contributed by atoms with Crippen LogP contribution in [0.2, 0.25) is 0 Å². The maximum Gasteiger partial charge on any atom is 3.00 e. The van der Waals surface area contributed by atoms with Crippen LogP contribution in [0.4, 0.5) is 0 Å². The van der Waals surface area contributed by atoms with Gasteiger partial charge in [-0.25, -0.2) is 0 Å². The molecule has 0 saturated heterocycles. The summed E-state index contributed by atoms with van der Waals surface area (Å²) in [4.78, 5) is 2.64. The van der Waals surface area contributed by atoms with Gasteiger partial charge < -0.3 is 4.90 Å². The minimum Gasteiger partial charge on any atom is -0.303 e. The number of nitrogens with zero attached hydrogens (tertiary/aromatic N) is 1. The van der Waals surface area contributed by atoms with Gasteiger partial charge in [-0.1, -0.05) is 40.0 Å². The van der Waals surface area contributed by atoms with Crippen molar-refractivity contribution in [1.29, 1.82) is 0 Å². The van der Waals surface area contributed by atoms with Crippen LogP contribution in [0, 0.1) is 0 Å². The Morgan fingerprint density at radius 1 is 0.643 bits per heavy atom. The van der Waals surface area contributed by atoms with Crippen LogP contribution >= 0.6 is 0 Å². The van der Waals surface area contributed by atoms with E-state index in [0.717, 1.165) is 0 Å². The van der Waals surface area contributed by atoms with Crippen LogP contribution in [0.15, 0.2) is 0 Å². The van der Waals surface area contributed by atoms with E-state index >= 15 is 0 Å². The van der Waals surface area contributed by atoms with Crippen molar-refractivity contribution in [3.8, 4) is 0 Å². The Morgan fingerprint density at radius 2 is 0.929 bits per heavy atom. The molecule has 0 spiro atoms. The van der Waals surface area contributed by atoms with E-state index in [-0.39, 0.29) is 8.41 Å². The summed E-state index contributed by atoms with van der Waals surface area (Å²) in [5, 5.41) is 0. The van der Waals surface area contributed by atoms with Gasteiger partial charge in [-0.2, -0.15) is 0 Å². The molecule has 80 valence electrons. The number of rotatable bonds is 9. The molecule has 14 heavy (non-hydrogen) atoms. The first-order chi connectivity index (χ1) is 6.35. The molecule has 0 radical (unpaired) electrons. The second-order valence-electron chi connectivity index (χ2n) is 3.90. The Labute approximate surface area is 92.8 Å². The van der Waals surface area contributed by atoms with Crippen molar-refractivity contribution in [1.82, 2.24) is 4.90 Å². The van der Waals surface area contributed by atoms with Crippen LogP contribution in [-0.4, -0.2) is 32.9 Å². The van der Waals surface area contributed by atoms with Gasteiger partial charge in [-0.15, -0.1) is 0 Å². The standard InChI is InChI=1S/C12H27N.B/c1-4-7-10-13(11-8-5-2)12-9-6-3;/h4-12H2,1-3H3;/q;+3. The van der Waals surface area contributed by atoms with E-state index in [1.807, 2.05) is 0 Å². The Hall–Kier alpha value is 0.0249. The summed E-state index contributed by atoms with van der Waals surface area (Å²) in [6.07, 6.45) is 8.09. The van der Waals surface area contributed by atoms with Gasteiger partial charge >= 0.3 is 8.41 Å². The Balaban J connectivity index is 0. The molecule has 0 aromatic carbocycles. The molecule has 0 rings (SSSR count). The van der Waals surface area contributed by atoms with Crippen LogP contribution < -0.4 is 0 Å². The molecule has 2 heteroatoms. The van der Waals surface area contributed by atoms with E-state index in [1.165, 1.54) is 58.2 Å². The summed E-state index contributed by atoms with van der Waals surface area (Å²) in [7, 11) is 0. The largest absolute Gasteiger partial charge is 3.00 e. The minimum absolute atomic E-state index is 0. The van der Waals surface area contributed by atoms with Gasteiger partial charge in [0, 0.05) is 0 Å². The number of unbranched alkanes of at least 4 members (excludes halogenated alkanes) is 3. The van der Waals surface area contributed by atoms with Crippen LogP contribution in [0.25, 0.3) is 0 Å². The van der Waals surface area contributed by atoms with E-state index in [2.05, 4.69) is 25.7 Å². The summed E-state index contributed by atoms with van der Waals surface area (Å²) in [6, 6.07) is 0. The molecule has 0 atom stereocenters. The zero-order valence-electron chi connectivity index (χ0n) is 10.4. The fourth-order valence-corrected chi connectivity index (χ4v) is 1.48. The molecule has 0 fully saturated rings. The number of hydrogen-bond donors (Lipinski definition) is 0. The quantitative estimate of drug-likeness (QED) is 0.511. The van der Waals surface area contributed by atoms with Gasteiger partial charge in [0.25, 0.3) is 0 Å². The summed E-state index contributed by atoms with van der Waals surface area (Å²) in [6.45, 7) is 10.8. The molecule has 0 aliphatic rings. The fraction of sp³-hybridized carbons (Fsp3) is 1.00. The molecule has 0 heterocycles. The summed E-state index contributed by atoms with van der Waals surface area (Å²) in [5.41, 5.74) is 0. The predicted octanol–water partition coefficient (Wildman–Crippen LogP) is 3.31. The van der Waals surface area contributed by atoms with Crippen molar-refractivity contribution in [2.75, 3.05) is 19.6 Å². The molecule has 0 aromatic rings. The molecular formula is C12H27BN+3. The molecule has 0 saturated carbocycles. The van der Waals surface area contributed by atoms with Crippen LogP contribution in [-0.2, 0) is 0 Å². The van der Waals surface area contributed by atoms with Gasteiger partial charge in [0.1, 0.15) is 0 Å². The smallest absolute Gasteiger partial charge is 0.303 e. The Morgan fingerprint density at radius 3 is 1.14 bits per heavy atom. The van der Waals surface area contributed by atoms with Gasteiger partial charge in [-0.3, -0.25) is 0 Å². The first-order valence-corrected chi connectivity index (χ1v) is 6.07. The minimum atomic E-state index is 0. The second-order valence-corrected chi connectivity index (χ2v) is 3.90. The number of hydrogen-bond acceptors (Lipinski definition) is 1. The van der Waals surface area contributed by atoms with Crippen LogP contribution in [0.5, 0.6) is 0 Å². The maximum absolute atomic E-state index is 2.64. The predicted molar refractivity (Wildman–Crippen MR) is 66.9 cm³/mol. The molecular weight excluding hydrogens is 169 g/mol. The molecule has 1 nitrogen and oxygen atoms in total. The topological polar surface area (TPSA) is 3.24 Å². The molecule has 0 unspecified atom stereocenters. The summed E-state index contributed by atoms with van der Waals surface area (Å²) >= 11 is 0. The Bertz CT molecular complexity index is 77.3. The molecule has 0 bridgehead atoms. The van der Waals surface area contributed by atoms with E-state index in [9.17, 15) is 0 Å². The molecule has 0 amide bonds. The third-order valence-corrected chi connectivity index (χ3v) is 2.48. The van der Waals surface area contributed by atoms with Crippen LogP contribution in [0.3, 0.4) is 0 Å². The van der Waals surface area contributed by atoms with Crippen molar-refractivity contribution < 1.29 is 0 Å². The van der Waals surface area contributed by atoms with Crippen molar-refractivity contribution >= 4 is 8.41 Å². The monoisotopic (exact) mass is 196 g/mol. The van der Waals surface area contributed by atoms with Crippen molar-refractivity contribution in [3.05, 3.63) is 0 Å². The summed E-state index contributed by atoms with van der Waals surface area (Å²) in [5.74, 6) is 0. The van der Waals surface area contributed by atoms with Crippen molar-refractivity contribution in [3.63, 3.8) is 0 Å². The van der Waals surface area contributed by atoms with E-state index in [4.69, 9.17) is 0 Å². The zero-order valence-corrected chi connectivity index (χ0v) is 10.4. The maximum atomic E-state index is 2.64. The Kier molecular flexibility index (Phi) is 15.3. The fourth-order valence-electron chi connectivity index (χ4n) is 1.48. The van der Waals surface area contributed by atoms with Gasteiger partial charge in [0.2, 0.25) is 0 Å². The van der Waals surface area contributed by atoms with E-state index < -0.39 is 0 Å². The second kappa shape index (κ2) is 13.0. The van der Waals surface area contributed by atoms with Crippen molar-refractivity contribution in [2.45, 2.75) is 59.3 Å². The van der Waals surface area contributed by atoms with Crippen molar-refractivity contribution in [2.24, 2.45) is 0 Å². The third-order valence-electron chi connectivity index (χ3n) is 2.48. The average Bonchev–Trinajstić information content (AvgIpc) is 2.17. The normalized spacial score (nSPS) is 10.3. The third kappa shape index (κ3) is 10.1. The van der Waals surface area contributed by atoms with Gasteiger partial charge in [-0.05, 0) is 38.9 Å². The van der Waals surface area contributed by atoms with Crippen LogP contribution in [0.1, 0.15) is 59.3 Å². The van der Waals surface area contributed by atoms with E-state index in [0.29, 0.717) is 0 Å². The first-order valence-electron chi connectivity index (χ1n) is 6.07. The SMILES string of the molecule is CCCCN(CCCC)CCCC.[B+3]. The first kappa shape index (κ1) is 16.5.